The highest BCUT2D eigenvalue weighted by molar-refractivity contribution is 7.91. The van der Waals surface area contributed by atoms with E-state index in [4.69, 9.17) is 33.0 Å². The number of carboxylic acid groups (broad SMARTS) is 1. The summed E-state index contributed by atoms with van der Waals surface area (Å²) in [6, 6.07) is 6.21. The summed E-state index contributed by atoms with van der Waals surface area (Å²) in [7, 11) is -3.71. The Morgan fingerprint density at radius 2 is 1.77 bits per heavy atom. The molecule has 160 valence electrons. The van der Waals surface area contributed by atoms with Crippen LogP contribution in [-0.2, 0) is 19.4 Å². The summed E-state index contributed by atoms with van der Waals surface area (Å²) in [5.41, 5.74) is 0.0409. The standard InChI is InChI=1S/C19H17Cl2NO7S/c20-13-6-11(22-18(24)19(25)26)7-14(21)17(13)29-12-4-5-15(23)16(8-12)30(27,28)9-10-2-1-3-10/h4-8,10,23H,1-3,9H2,(H,22,24)(H,25,26). The van der Waals surface area contributed by atoms with E-state index in [-0.39, 0.29) is 49.5 Å². The van der Waals surface area contributed by atoms with Crippen molar-refractivity contribution in [3.63, 3.8) is 0 Å². The van der Waals surface area contributed by atoms with E-state index in [1.54, 1.807) is 0 Å². The number of ether oxygens (including phenoxy) is 1. The van der Waals surface area contributed by atoms with Crippen LogP contribution in [0.4, 0.5) is 5.69 Å². The van der Waals surface area contributed by atoms with Crippen LogP contribution in [0.2, 0.25) is 10.0 Å². The van der Waals surface area contributed by atoms with Gasteiger partial charge >= 0.3 is 11.9 Å². The van der Waals surface area contributed by atoms with Gasteiger partial charge in [-0.2, -0.15) is 0 Å². The lowest BCUT2D eigenvalue weighted by Crippen LogP contribution is -2.22. The first kappa shape index (κ1) is 22.2. The van der Waals surface area contributed by atoms with Gasteiger partial charge in [0.1, 0.15) is 16.4 Å². The SMILES string of the molecule is O=C(O)C(=O)Nc1cc(Cl)c(Oc2ccc(O)c(S(=O)(=O)CC3CCC3)c2)c(Cl)c1. The number of carboxylic acids is 1. The number of benzene rings is 2. The van der Waals surface area contributed by atoms with Gasteiger partial charge in [0, 0.05) is 11.8 Å². The minimum Gasteiger partial charge on any atom is -0.507 e. The third kappa shape index (κ3) is 4.97. The monoisotopic (exact) mass is 473 g/mol. The van der Waals surface area contributed by atoms with Crippen LogP contribution in [0.5, 0.6) is 17.2 Å². The fraction of sp³-hybridized carbons (Fsp3) is 0.263. The molecular weight excluding hydrogens is 457 g/mol. The molecule has 0 spiro atoms. The van der Waals surface area contributed by atoms with Crippen LogP contribution >= 0.6 is 23.2 Å². The van der Waals surface area contributed by atoms with Gasteiger partial charge < -0.3 is 20.3 Å². The van der Waals surface area contributed by atoms with Crippen LogP contribution in [0.3, 0.4) is 0 Å². The molecule has 3 rings (SSSR count). The molecule has 3 N–H and O–H groups in total. The smallest absolute Gasteiger partial charge is 0.394 e. The van der Waals surface area contributed by atoms with Crippen molar-refractivity contribution in [1.29, 1.82) is 0 Å². The van der Waals surface area contributed by atoms with Gasteiger partial charge in [-0.15, -0.1) is 0 Å². The van der Waals surface area contributed by atoms with E-state index in [0.717, 1.165) is 19.3 Å². The zero-order valence-electron chi connectivity index (χ0n) is 15.4. The summed E-state index contributed by atoms with van der Waals surface area (Å²) in [5.74, 6) is -3.26. The maximum Gasteiger partial charge on any atom is 0.394 e. The van der Waals surface area contributed by atoms with Crippen molar-refractivity contribution in [3.8, 4) is 17.2 Å². The molecule has 1 amide bonds. The average Bonchev–Trinajstić information content (AvgIpc) is 2.62. The number of nitrogens with one attached hydrogen (secondary N) is 1. The Labute approximate surface area is 182 Å². The first-order valence-corrected chi connectivity index (χ1v) is 11.2. The summed E-state index contributed by atoms with van der Waals surface area (Å²) in [4.78, 5) is 21.7. The molecule has 0 atom stereocenters. The number of phenols is 1. The summed E-state index contributed by atoms with van der Waals surface area (Å²) in [6.07, 6.45) is 2.67. The van der Waals surface area contributed by atoms with Crippen LogP contribution in [0, 0.1) is 5.92 Å². The van der Waals surface area contributed by atoms with E-state index in [0.29, 0.717) is 0 Å². The zero-order chi connectivity index (χ0) is 22.1. The molecule has 1 aliphatic rings. The molecule has 2 aromatic rings. The van der Waals surface area contributed by atoms with E-state index < -0.39 is 21.7 Å². The molecule has 1 aliphatic carbocycles. The number of aromatic hydroxyl groups is 1. The van der Waals surface area contributed by atoms with E-state index in [1.165, 1.54) is 30.3 Å². The van der Waals surface area contributed by atoms with E-state index in [2.05, 4.69) is 5.32 Å². The molecule has 0 heterocycles. The van der Waals surface area contributed by atoms with Gasteiger partial charge in [0.05, 0.1) is 15.8 Å². The number of rotatable bonds is 6. The third-order valence-electron chi connectivity index (χ3n) is 4.62. The highest BCUT2D eigenvalue weighted by atomic mass is 35.5. The lowest BCUT2D eigenvalue weighted by atomic mass is 9.87. The summed E-state index contributed by atoms with van der Waals surface area (Å²) < 4.78 is 30.9. The molecule has 0 aromatic heterocycles. The number of hydrogen-bond acceptors (Lipinski definition) is 6. The van der Waals surface area contributed by atoms with Gasteiger partial charge in [-0.1, -0.05) is 29.6 Å². The number of halogens is 2. The Hall–Kier alpha value is -2.49. The van der Waals surface area contributed by atoms with Crippen molar-refractivity contribution < 1.29 is 33.0 Å². The summed E-state index contributed by atoms with van der Waals surface area (Å²) in [6.45, 7) is 0. The Kier molecular flexibility index (Phi) is 6.44. The van der Waals surface area contributed by atoms with Crippen LogP contribution in [0.25, 0.3) is 0 Å². The Bertz CT molecular complexity index is 1090. The molecular formula is C19H17Cl2NO7S. The van der Waals surface area contributed by atoms with Gasteiger partial charge in [0.2, 0.25) is 0 Å². The minimum atomic E-state index is -3.71. The lowest BCUT2D eigenvalue weighted by Gasteiger charge is -2.25. The quantitative estimate of drug-likeness (QED) is 0.538. The molecule has 0 radical (unpaired) electrons. The molecule has 30 heavy (non-hydrogen) atoms. The normalized spacial score (nSPS) is 14.1. The van der Waals surface area contributed by atoms with E-state index in [1.807, 2.05) is 0 Å². The molecule has 0 aliphatic heterocycles. The van der Waals surface area contributed by atoms with Gasteiger partial charge in [-0.05, 0) is 43.0 Å². The van der Waals surface area contributed by atoms with Crippen LogP contribution in [0.1, 0.15) is 19.3 Å². The number of anilines is 1. The number of aliphatic carboxylic acids is 1. The van der Waals surface area contributed by atoms with Crippen LogP contribution in [-0.4, -0.2) is 36.3 Å². The van der Waals surface area contributed by atoms with Crippen molar-refractivity contribution in [2.45, 2.75) is 24.2 Å². The van der Waals surface area contributed by atoms with Gasteiger partial charge in [-0.3, -0.25) is 4.79 Å². The van der Waals surface area contributed by atoms with E-state index in [9.17, 15) is 23.1 Å². The van der Waals surface area contributed by atoms with Crippen molar-refractivity contribution >= 4 is 50.6 Å². The molecule has 8 nitrogen and oxygen atoms in total. The molecule has 1 saturated carbocycles. The Morgan fingerprint density at radius 3 is 2.30 bits per heavy atom. The number of hydrogen-bond donors (Lipinski definition) is 3. The second-order valence-corrected chi connectivity index (χ2v) is 9.66. The fourth-order valence-electron chi connectivity index (χ4n) is 2.90. The minimum absolute atomic E-state index is 0.0281. The van der Waals surface area contributed by atoms with Gasteiger partial charge in [0.25, 0.3) is 0 Å². The Balaban J connectivity index is 1.86. The van der Waals surface area contributed by atoms with Crippen molar-refractivity contribution in [1.82, 2.24) is 0 Å². The van der Waals surface area contributed by atoms with E-state index >= 15 is 0 Å². The highest BCUT2D eigenvalue weighted by Gasteiger charge is 2.28. The molecule has 0 bridgehead atoms. The first-order valence-electron chi connectivity index (χ1n) is 8.84. The number of amides is 1. The number of sulfone groups is 1. The zero-order valence-corrected chi connectivity index (χ0v) is 17.7. The van der Waals surface area contributed by atoms with Crippen molar-refractivity contribution in [2.24, 2.45) is 5.92 Å². The second-order valence-electron chi connectivity index (χ2n) is 6.84. The van der Waals surface area contributed by atoms with Crippen LogP contribution < -0.4 is 10.1 Å². The molecule has 0 saturated heterocycles. The summed E-state index contributed by atoms with van der Waals surface area (Å²) >= 11 is 12.3. The lowest BCUT2D eigenvalue weighted by molar-refractivity contribution is -0.147. The third-order valence-corrected chi connectivity index (χ3v) is 7.09. The van der Waals surface area contributed by atoms with Gasteiger partial charge in [-0.25, -0.2) is 13.2 Å². The molecule has 11 heteroatoms. The topological polar surface area (TPSA) is 130 Å². The number of phenolic OH excluding ortho intramolecular Hbond substituents is 1. The summed E-state index contributed by atoms with van der Waals surface area (Å²) in [5, 5.41) is 20.7. The van der Waals surface area contributed by atoms with Crippen molar-refractivity contribution in [3.05, 3.63) is 40.4 Å². The second kappa shape index (κ2) is 8.71. The average molecular weight is 474 g/mol. The highest BCUT2D eigenvalue weighted by Crippen LogP contribution is 2.40. The predicted octanol–water partition coefficient (Wildman–Crippen LogP) is 4.09. The number of carbonyl (C=O) groups excluding carboxylic acids is 1. The number of carbonyl (C=O) groups is 2. The maximum absolute atomic E-state index is 12.6. The van der Waals surface area contributed by atoms with Crippen molar-refractivity contribution in [2.75, 3.05) is 11.1 Å². The fourth-order valence-corrected chi connectivity index (χ4v) is 5.28. The molecule has 0 unspecified atom stereocenters. The molecule has 2 aromatic carbocycles. The largest absolute Gasteiger partial charge is 0.507 e. The predicted molar refractivity (Wildman–Crippen MR) is 110 cm³/mol. The first-order chi connectivity index (χ1) is 14.1. The Morgan fingerprint density at radius 1 is 1.13 bits per heavy atom. The molecule has 1 fully saturated rings. The van der Waals surface area contributed by atoms with Gasteiger partial charge in [0.15, 0.2) is 15.6 Å². The van der Waals surface area contributed by atoms with Crippen LogP contribution in [0.15, 0.2) is 35.2 Å². The maximum atomic E-state index is 12.6.